The van der Waals surface area contributed by atoms with Crippen molar-refractivity contribution in [2.75, 3.05) is 26.2 Å². The summed E-state index contributed by atoms with van der Waals surface area (Å²) in [7, 11) is 0. The maximum Gasteiger partial charge on any atom is 0.202 e. The van der Waals surface area contributed by atoms with E-state index in [1.165, 1.54) is 32.2 Å². The monoisotopic (exact) mass is 253 g/mol. The van der Waals surface area contributed by atoms with Crippen LogP contribution in [0.5, 0.6) is 0 Å². The first-order chi connectivity index (χ1) is 8.74. The number of nitriles is 1. The van der Waals surface area contributed by atoms with Crippen LogP contribution in [0.15, 0.2) is 4.99 Å². The molecular formula is C13H27N5. The van der Waals surface area contributed by atoms with E-state index in [9.17, 15) is 0 Å². The molecule has 0 rings (SSSR count). The van der Waals surface area contributed by atoms with Crippen molar-refractivity contribution in [3.05, 3.63) is 0 Å². The van der Waals surface area contributed by atoms with E-state index < -0.39 is 0 Å². The summed E-state index contributed by atoms with van der Waals surface area (Å²) in [6, 6.07) is 0. The van der Waals surface area contributed by atoms with Gasteiger partial charge < -0.3 is 10.6 Å². The van der Waals surface area contributed by atoms with E-state index in [2.05, 4.69) is 29.1 Å². The Morgan fingerprint density at radius 1 is 1.22 bits per heavy atom. The van der Waals surface area contributed by atoms with Gasteiger partial charge in [-0.2, -0.15) is 5.26 Å². The van der Waals surface area contributed by atoms with E-state index in [0.29, 0.717) is 6.54 Å². The zero-order chi connectivity index (χ0) is 13.6. The molecule has 0 saturated carbocycles. The summed E-state index contributed by atoms with van der Waals surface area (Å²) >= 11 is 0. The third-order valence-electron chi connectivity index (χ3n) is 2.87. The van der Waals surface area contributed by atoms with Crippen molar-refractivity contribution in [1.82, 2.24) is 10.2 Å². The molecule has 0 bridgehead atoms. The highest BCUT2D eigenvalue weighted by atomic mass is 15.1. The van der Waals surface area contributed by atoms with Gasteiger partial charge in [0.05, 0.1) is 0 Å². The molecule has 5 nitrogen and oxygen atoms in total. The summed E-state index contributed by atoms with van der Waals surface area (Å²) in [6.07, 6.45) is 7.95. The fraction of sp³-hybridized carbons (Fsp3) is 0.846. The van der Waals surface area contributed by atoms with Gasteiger partial charge in [-0.3, -0.25) is 10.3 Å². The SMILES string of the molecule is CCCCCCN(CC)CCCN=C(N)NC#N. The Balaban J connectivity index is 3.61. The van der Waals surface area contributed by atoms with Gasteiger partial charge in [-0.15, -0.1) is 0 Å². The number of nitrogens with zero attached hydrogens (tertiary/aromatic N) is 3. The summed E-state index contributed by atoms with van der Waals surface area (Å²) in [5, 5.41) is 10.6. The summed E-state index contributed by atoms with van der Waals surface area (Å²) < 4.78 is 0. The van der Waals surface area contributed by atoms with Crippen molar-refractivity contribution in [3.8, 4) is 6.19 Å². The van der Waals surface area contributed by atoms with Crippen molar-refractivity contribution in [1.29, 1.82) is 5.26 Å². The quantitative estimate of drug-likeness (QED) is 0.204. The van der Waals surface area contributed by atoms with Crippen LogP contribution in [0, 0.1) is 11.5 Å². The fourth-order valence-corrected chi connectivity index (χ4v) is 1.78. The number of nitrogens with one attached hydrogen (secondary N) is 1. The summed E-state index contributed by atoms with van der Waals surface area (Å²) in [4.78, 5) is 6.51. The average molecular weight is 253 g/mol. The van der Waals surface area contributed by atoms with Crippen LogP contribution in [0.3, 0.4) is 0 Å². The Labute approximate surface area is 111 Å². The van der Waals surface area contributed by atoms with E-state index in [4.69, 9.17) is 11.0 Å². The number of hydrogen-bond donors (Lipinski definition) is 2. The Hall–Kier alpha value is -1.28. The van der Waals surface area contributed by atoms with Crippen LogP contribution in [-0.2, 0) is 0 Å². The molecule has 3 N–H and O–H groups in total. The fourth-order valence-electron chi connectivity index (χ4n) is 1.78. The molecular weight excluding hydrogens is 226 g/mol. The molecule has 0 fully saturated rings. The number of rotatable bonds is 10. The van der Waals surface area contributed by atoms with Crippen LogP contribution in [0.4, 0.5) is 0 Å². The Morgan fingerprint density at radius 3 is 2.56 bits per heavy atom. The molecule has 0 aromatic rings. The zero-order valence-corrected chi connectivity index (χ0v) is 11.8. The zero-order valence-electron chi connectivity index (χ0n) is 11.8. The van der Waals surface area contributed by atoms with E-state index in [1.54, 1.807) is 6.19 Å². The van der Waals surface area contributed by atoms with E-state index in [0.717, 1.165) is 19.5 Å². The van der Waals surface area contributed by atoms with Crippen molar-refractivity contribution < 1.29 is 0 Å². The molecule has 0 aromatic carbocycles. The predicted molar refractivity (Wildman–Crippen MR) is 76.1 cm³/mol. The van der Waals surface area contributed by atoms with Crippen molar-refractivity contribution >= 4 is 5.96 Å². The molecule has 0 heterocycles. The lowest BCUT2D eigenvalue weighted by molar-refractivity contribution is 0.279. The molecule has 0 aliphatic carbocycles. The van der Waals surface area contributed by atoms with Crippen LogP contribution in [0.2, 0.25) is 0 Å². The lowest BCUT2D eigenvalue weighted by atomic mass is 10.2. The van der Waals surface area contributed by atoms with Gasteiger partial charge in [-0.1, -0.05) is 33.1 Å². The average Bonchev–Trinajstić information content (AvgIpc) is 2.37. The molecule has 18 heavy (non-hydrogen) atoms. The first kappa shape index (κ1) is 16.7. The number of hydrogen-bond acceptors (Lipinski definition) is 3. The Bertz CT molecular complexity index is 257. The highest BCUT2D eigenvalue weighted by molar-refractivity contribution is 5.79. The molecule has 5 heteroatoms. The largest absolute Gasteiger partial charge is 0.369 e. The van der Waals surface area contributed by atoms with Gasteiger partial charge in [-0.25, -0.2) is 0 Å². The molecule has 0 amide bonds. The highest BCUT2D eigenvalue weighted by Crippen LogP contribution is 2.02. The molecule has 0 radical (unpaired) electrons. The first-order valence-electron chi connectivity index (χ1n) is 6.92. The Morgan fingerprint density at radius 2 is 1.94 bits per heavy atom. The molecule has 0 spiro atoms. The third kappa shape index (κ3) is 9.91. The second-order valence-corrected chi connectivity index (χ2v) is 4.35. The van der Waals surface area contributed by atoms with E-state index in [1.807, 2.05) is 0 Å². The minimum Gasteiger partial charge on any atom is -0.369 e. The van der Waals surface area contributed by atoms with Crippen molar-refractivity contribution in [3.63, 3.8) is 0 Å². The highest BCUT2D eigenvalue weighted by Gasteiger charge is 2.01. The molecule has 0 aromatic heterocycles. The molecule has 104 valence electrons. The van der Waals surface area contributed by atoms with Crippen LogP contribution >= 0.6 is 0 Å². The molecule has 0 saturated heterocycles. The van der Waals surface area contributed by atoms with Gasteiger partial charge in [0.2, 0.25) is 5.96 Å². The summed E-state index contributed by atoms with van der Waals surface area (Å²) in [5.41, 5.74) is 5.45. The van der Waals surface area contributed by atoms with Gasteiger partial charge >= 0.3 is 0 Å². The van der Waals surface area contributed by atoms with Gasteiger partial charge in [0.1, 0.15) is 0 Å². The molecule has 0 unspecified atom stereocenters. The first-order valence-corrected chi connectivity index (χ1v) is 6.92. The number of guanidine groups is 1. The summed E-state index contributed by atoms with van der Waals surface area (Å²) in [5.74, 6) is 0.212. The third-order valence-corrected chi connectivity index (χ3v) is 2.87. The maximum absolute atomic E-state index is 8.33. The van der Waals surface area contributed by atoms with Gasteiger partial charge in [-0.05, 0) is 32.5 Å². The van der Waals surface area contributed by atoms with Crippen molar-refractivity contribution in [2.24, 2.45) is 10.7 Å². The standard InChI is InChI=1S/C13H27N5/c1-3-5-6-7-10-18(4-2)11-8-9-16-13(15)17-12-14/h3-11H2,1-2H3,(H3,15,16,17). The number of aliphatic imine (C=N–C) groups is 1. The minimum atomic E-state index is 0.212. The lowest BCUT2D eigenvalue weighted by Crippen LogP contribution is -2.29. The Kier molecular flexibility index (Phi) is 11.3. The van der Waals surface area contributed by atoms with Crippen LogP contribution in [-0.4, -0.2) is 37.0 Å². The molecule has 0 atom stereocenters. The minimum absolute atomic E-state index is 0.212. The molecule has 0 aliphatic heterocycles. The van der Waals surface area contributed by atoms with Crippen LogP contribution in [0.1, 0.15) is 46.0 Å². The number of unbranched alkanes of at least 4 members (excludes halogenated alkanes) is 3. The van der Waals surface area contributed by atoms with E-state index >= 15 is 0 Å². The topological polar surface area (TPSA) is 77.4 Å². The summed E-state index contributed by atoms with van der Waals surface area (Å²) in [6.45, 7) is 8.40. The van der Waals surface area contributed by atoms with Gasteiger partial charge in [0.25, 0.3) is 0 Å². The second-order valence-electron chi connectivity index (χ2n) is 4.35. The van der Waals surface area contributed by atoms with Gasteiger partial charge in [0.15, 0.2) is 6.19 Å². The van der Waals surface area contributed by atoms with E-state index in [-0.39, 0.29) is 5.96 Å². The van der Waals surface area contributed by atoms with Crippen molar-refractivity contribution in [2.45, 2.75) is 46.0 Å². The maximum atomic E-state index is 8.33. The predicted octanol–water partition coefficient (Wildman–Crippen LogP) is 1.66. The van der Waals surface area contributed by atoms with Gasteiger partial charge in [0, 0.05) is 6.54 Å². The normalized spacial score (nSPS) is 11.6. The lowest BCUT2D eigenvalue weighted by Gasteiger charge is -2.19. The number of nitrogens with two attached hydrogens (primary N) is 1. The molecule has 0 aliphatic rings. The van der Waals surface area contributed by atoms with Crippen LogP contribution in [0.25, 0.3) is 0 Å². The smallest absolute Gasteiger partial charge is 0.202 e. The van der Waals surface area contributed by atoms with Crippen LogP contribution < -0.4 is 11.1 Å². The second kappa shape index (κ2) is 12.2.